The molecule has 0 aliphatic rings. The van der Waals surface area contributed by atoms with E-state index in [0.29, 0.717) is 13.2 Å². The first kappa shape index (κ1) is 14.2. The van der Waals surface area contributed by atoms with E-state index >= 15 is 0 Å². The van der Waals surface area contributed by atoms with E-state index in [-0.39, 0.29) is 6.29 Å². The molecule has 0 amide bonds. The van der Waals surface area contributed by atoms with Gasteiger partial charge in [-0.1, -0.05) is 30.3 Å². The summed E-state index contributed by atoms with van der Waals surface area (Å²) in [5, 5.41) is 3.39. The van der Waals surface area contributed by atoms with Crippen molar-refractivity contribution in [3.05, 3.63) is 35.9 Å². The van der Waals surface area contributed by atoms with Gasteiger partial charge >= 0.3 is 0 Å². The minimum Gasteiger partial charge on any atom is -0.353 e. The highest BCUT2D eigenvalue weighted by Crippen LogP contribution is 2.01. The SMILES string of the molecule is CCOC(CCNCc1ccccc1)OCC. The summed E-state index contributed by atoms with van der Waals surface area (Å²) in [6.45, 7) is 7.17. The molecule has 0 aliphatic heterocycles. The van der Waals surface area contributed by atoms with Crippen LogP contribution in [0.2, 0.25) is 0 Å². The fourth-order valence-electron chi connectivity index (χ4n) is 1.64. The summed E-state index contributed by atoms with van der Waals surface area (Å²) in [7, 11) is 0. The molecule has 0 saturated heterocycles. The summed E-state index contributed by atoms with van der Waals surface area (Å²) in [4.78, 5) is 0. The van der Waals surface area contributed by atoms with Crippen LogP contribution in [0.3, 0.4) is 0 Å². The van der Waals surface area contributed by atoms with Gasteiger partial charge in [-0.15, -0.1) is 0 Å². The Morgan fingerprint density at radius 1 is 1.06 bits per heavy atom. The Balaban J connectivity index is 2.13. The van der Waals surface area contributed by atoms with Crippen LogP contribution in [-0.4, -0.2) is 26.0 Å². The van der Waals surface area contributed by atoms with E-state index in [1.54, 1.807) is 0 Å². The Morgan fingerprint density at radius 3 is 2.29 bits per heavy atom. The smallest absolute Gasteiger partial charge is 0.158 e. The second-order valence-electron chi connectivity index (χ2n) is 3.79. The zero-order valence-corrected chi connectivity index (χ0v) is 10.8. The number of hydrogen-bond donors (Lipinski definition) is 1. The molecular formula is C14H23NO2. The van der Waals surface area contributed by atoms with Crippen LogP contribution in [-0.2, 0) is 16.0 Å². The van der Waals surface area contributed by atoms with Gasteiger partial charge in [-0.05, 0) is 19.4 Å². The van der Waals surface area contributed by atoms with Gasteiger partial charge in [0.15, 0.2) is 6.29 Å². The fourth-order valence-corrected chi connectivity index (χ4v) is 1.64. The molecule has 0 radical (unpaired) electrons. The van der Waals surface area contributed by atoms with E-state index in [1.807, 2.05) is 19.9 Å². The van der Waals surface area contributed by atoms with Crippen molar-refractivity contribution in [2.75, 3.05) is 19.8 Å². The maximum Gasteiger partial charge on any atom is 0.158 e. The highest BCUT2D eigenvalue weighted by molar-refractivity contribution is 5.14. The molecule has 0 spiro atoms. The maximum absolute atomic E-state index is 5.47. The number of rotatable bonds is 9. The van der Waals surface area contributed by atoms with Crippen LogP contribution < -0.4 is 5.32 Å². The highest BCUT2D eigenvalue weighted by Gasteiger charge is 2.06. The number of nitrogens with one attached hydrogen (secondary N) is 1. The largest absolute Gasteiger partial charge is 0.353 e. The molecule has 3 heteroatoms. The number of ether oxygens (including phenoxy) is 2. The van der Waals surface area contributed by atoms with Gasteiger partial charge in [0.25, 0.3) is 0 Å². The van der Waals surface area contributed by atoms with Gasteiger partial charge in [-0.3, -0.25) is 0 Å². The van der Waals surface area contributed by atoms with Crippen LogP contribution in [0.4, 0.5) is 0 Å². The molecule has 1 N–H and O–H groups in total. The molecule has 0 fully saturated rings. The van der Waals surface area contributed by atoms with Gasteiger partial charge in [0.1, 0.15) is 0 Å². The van der Waals surface area contributed by atoms with E-state index in [9.17, 15) is 0 Å². The molecule has 0 aliphatic carbocycles. The van der Waals surface area contributed by atoms with E-state index < -0.39 is 0 Å². The number of benzene rings is 1. The first-order valence-electron chi connectivity index (χ1n) is 6.34. The van der Waals surface area contributed by atoms with Crippen molar-refractivity contribution >= 4 is 0 Å². The predicted octanol–water partition coefficient (Wildman–Crippen LogP) is 2.57. The van der Waals surface area contributed by atoms with E-state index in [0.717, 1.165) is 19.5 Å². The van der Waals surface area contributed by atoms with Crippen molar-refractivity contribution in [1.82, 2.24) is 5.32 Å². The second kappa shape index (κ2) is 9.16. The maximum atomic E-state index is 5.47. The lowest BCUT2D eigenvalue weighted by Gasteiger charge is -2.16. The molecule has 1 aromatic carbocycles. The quantitative estimate of drug-likeness (QED) is 0.529. The summed E-state index contributed by atoms with van der Waals surface area (Å²) in [6, 6.07) is 10.4. The topological polar surface area (TPSA) is 30.5 Å². The Hall–Kier alpha value is -0.900. The zero-order valence-electron chi connectivity index (χ0n) is 10.8. The molecule has 1 aromatic rings. The molecular weight excluding hydrogens is 214 g/mol. The van der Waals surface area contributed by atoms with Gasteiger partial charge in [-0.25, -0.2) is 0 Å². The first-order valence-corrected chi connectivity index (χ1v) is 6.34. The fraction of sp³-hybridized carbons (Fsp3) is 0.571. The van der Waals surface area contributed by atoms with Crippen LogP contribution in [0.25, 0.3) is 0 Å². The molecule has 0 atom stereocenters. The minimum atomic E-state index is -0.0757. The van der Waals surface area contributed by atoms with Crippen LogP contribution in [0.15, 0.2) is 30.3 Å². The Morgan fingerprint density at radius 2 is 1.71 bits per heavy atom. The standard InChI is InChI=1S/C14H23NO2/c1-3-16-14(17-4-2)10-11-15-12-13-8-6-5-7-9-13/h5-9,14-15H,3-4,10-12H2,1-2H3. The average molecular weight is 237 g/mol. The molecule has 0 unspecified atom stereocenters. The Kier molecular flexibility index (Phi) is 7.63. The van der Waals surface area contributed by atoms with Gasteiger partial charge < -0.3 is 14.8 Å². The van der Waals surface area contributed by atoms with E-state index in [1.165, 1.54) is 5.56 Å². The molecule has 0 heterocycles. The van der Waals surface area contributed by atoms with E-state index in [4.69, 9.17) is 9.47 Å². The summed E-state index contributed by atoms with van der Waals surface area (Å²) < 4.78 is 10.9. The molecule has 3 nitrogen and oxygen atoms in total. The minimum absolute atomic E-state index is 0.0757. The van der Waals surface area contributed by atoms with E-state index in [2.05, 4.69) is 29.6 Å². The van der Waals surface area contributed by atoms with Gasteiger partial charge in [0, 0.05) is 32.7 Å². The molecule has 0 aromatic heterocycles. The van der Waals surface area contributed by atoms with Crippen LogP contribution >= 0.6 is 0 Å². The molecule has 0 saturated carbocycles. The van der Waals surface area contributed by atoms with Gasteiger partial charge in [-0.2, -0.15) is 0 Å². The molecule has 1 rings (SSSR count). The van der Waals surface area contributed by atoms with Crippen LogP contribution in [0.5, 0.6) is 0 Å². The Bertz CT molecular complexity index is 271. The van der Waals surface area contributed by atoms with Crippen molar-refractivity contribution in [3.8, 4) is 0 Å². The van der Waals surface area contributed by atoms with Crippen LogP contribution in [0, 0.1) is 0 Å². The lowest BCUT2D eigenvalue weighted by molar-refractivity contribution is -0.138. The van der Waals surface area contributed by atoms with Gasteiger partial charge in [0.2, 0.25) is 0 Å². The lowest BCUT2D eigenvalue weighted by Crippen LogP contribution is -2.24. The van der Waals surface area contributed by atoms with Crippen molar-refractivity contribution in [2.45, 2.75) is 33.1 Å². The predicted molar refractivity (Wildman–Crippen MR) is 69.8 cm³/mol. The van der Waals surface area contributed by atoms with Crippen molar-refractivity contribution in [2.24, 2.45) is 0 Å². The lowest BCUT2D eigenvalue weighted by atomic mass is 10.2. The third-order valence-corrected chi connectivity index (χ3v) is 2.43. The third-order valence-electron chi connectivity index (χ3n) is 2.43. The number of hydrogen-bond acceptors (Lipinski definition) is 3. The first-order chi connectivity index (χ1) is 8.36. The van der Waals surface area contributed by atoms with Gasteiger partial charge in [0.05, 0.1) is 0 Å². The molecule has 17 heavy (non-hydrogen) atoms. The average Bonchev–Trinajstić information content (AvgIpc) is 2.36. The Labute approximate surface area is 104 Å². The summed E-state index contributed by atoms with van der Waals surface area (Å²) >= 11 is 0. The molecule has 0 bridgehead atoms. The normalized spacial score (nSPS) is 11.0. The summed E-state index contributed by atoms with van der Waals surface area (Å²) in [5.74, 6) is 0. The molecule has 96 valence electrons. The summed E-state index contributed by atoms with van der Waals surface area (Å²) in [6.07, 6.45) is 0.808. The third kappa shape index (κ3) is 6.41. The highest BCUT2D eigenvalue weighted by atomic mass is 16.7. The summed E-state index contributed by atoms with van der Waals surface area (Å²) in [5.41, 5.74) is 1.30. The van der Waals surface area contributed by atoms with Crippen LogP contribution in [0.1, 0.15) is 25.8 Å². The van der Waals surface area contributed by atoms with Crippen molar-refractivity contribution < 1.29 is 9.47 Å². The van der Waals surface area contributed by atoms with Crippen molar-refractivity contribution in [3.63, 3.8) is 0 Å². The zero-order chi connectivity index (χ0) is 12.3. The second-order valence-corrected chi connectivity index (χ2v) is 3.79. The monoisotopic (exact) mass is 237 g/mol. The van der Waals surface area contributed by atoms with Crippen molar-refractivity contribution in [1.29, 1.82) is 0 Å².